The van der Waals surface area contributed by atoms with E-state index < -0.39 is 0 Å². The topological polar surface area (TPSA) is 192 Å². The lowest BCUT2D eigenvalue weighted by Gasteiger charge is -2.15. The molecule has 15 heteroatoms. The van der Waals surface area contributed by atoms with Crippen molar-refractivity contribution in [1.29, 1.82) is 0 Å². The molecule has 0 radical (unpaired) electrons. The van der Waals surface area contributed by atoms with E-state index in [1.54, 1.807) is 43.5 Å². The van der Waals surface area contributed by atoms with Crippen LogP contribution in [0.15, 0.2) is 153 Å². The van der Waals surface area contributed by atoms with Crippen molar-refractivity contribution in [2.24, 2.45) is 0 Å². The van der Waals surface area contributed by atoms with Crippen molar-refractivity contribution in [2.75, 3.05) is 21.7 Å². The third-order valence-electron chi connectivity index (χ3n) is 9.24. The fraction of sp³-hybridized carbons (Fsp3) is 0.0930. The molecule has 5 heterocycles. The molecule has 1 amide bonds. The van der Waals surface area contributed by atoms with Gasteiger partial charge in [0.05, 0.1) is 53.1 Å². The molecule has 0 bridgehead atoms. The highest BCUT2D eigenvalue weighted by atomic mass is 16.1. The molecule has 15 nitrogen and oxygen atoms in total. The lowest BCUT2D eigenvalue weighted by molar-refractivity contribution is 0.102. The summed E-state index contributed by atoms with van der Waals surface area (Å²) in [7, 11) is 0. The van der Waals surface area contributed by atoms with Crippen molar-refractivity contribution in [1.82, 2.24) is 49.0 Å². The largest absolute Gasteiger partial charge is 0.399 e. The number of nitrogens with two attached hydrogens (primary N) is 1. The van der Waals surface area contributed by atoms with E-state index in [-0.39, 0.29) is 23.7 Å². The predicted molar refractivity (Wildman–Crippen MR) is 225 cm³/mol. The molecule has 5 aromatic heterocycles. The number of amides is 1. The maximum absolute atomic E-state index is 12.4. The van der Waals surface area contributed by atoms with Gasteiger partial charge in [-0.25, -0.2) is 24.9 Å². The summed E-state index contributed by atoms with van der Waals surface area (Å²) in [5, 5.41) is 9.62. The fourth-order valence-corrected chi connectivity index (χ4v) is 6.26. The van der Waals surface area contributed by atoms with Crippen LogP contribution in [0, 0.1) is 0 Å². The molecule has 9 rings (SSSR count). The van der Waals surface area contributed by atoms with Gasteiger partial charge in [-0.3, -0.25) is 28.9 Å². The minimum atomic E-state index is -0.339. The van der Waals surface area contributed by atoms with Gasteiger partial charge in [-0.15, -0.1) is 0 Å². The molecule has 9 aromatic rings. The average molecular weight is 767 g/mol. The number of nitrogens with one attached hydrogen (secondary N) is 3. The highest BCUT2D eigenvalue weighted by Crippen LogP contribution is 2.24. The van der Waals surface area contributed by atoms with Crippen molar-refractivity contribution >= 4 is 51.0 Å². The Labute approximate surface area is 333 Å². The molecule has 0 fully saturated rings. The molecule has 0 unspecified atom stereocenters. The van der Waals surface area contributed by atoms with E-state index in [9.17, 15) is 4.79 Å². The van der Waals surface area contributed by atoms with Crippen LogP contribution in [0.5, 0.6) is 0 Å². The monoisotopic (exact) mass is 766 g/mol. The summed E-state index contributed by atoms with van der Waals surface area (Å²) in [4.78, 5) is 47.3. The van der Waals surface area contributed by atoms with E-state index in [1.165, 1.54) is 24.2 Å². The molecular weight excluding hydrogens is 729 g/mol. The molecule has 4 aromatic carbocycles. The normalized spacial score (nSPS) is 12.0. The van der Waals surface area contributed by atoms with Gasteiger partial charge >= 0.3 is 0 Å². The van der Waals surface area contributed by atoms with Crippen LogP contribution in [0.25, 0.3) is 33.7 Å². The van der Waals surface area contributed by atoms with Crippen LogP contribution in [0.2, 0.25) is 0 Å². The fourth-order valence-electron chi connectivity index (χ4n) is 6.26. The van der Waals surface area contributed by atoms with Gasteiger partial charge < -0.3 is 21.7 Å². The Bertz CT molecular complexity index is 2790. The maximum Gasteiger partial charge on any atom is 0.275 e. The predicted octanol–water partition coefficient (Wildman–Crippen LogP) is 7.60. The number of imidazole rings is 2. The number of rotatable bonds is 10. The first-order valence-corrected chi connectivity index (χ1v) is 18.4. The van der Waals surface area contributed by atoms with Gasteiger partial charge in [-0.1, -0.05) is 60.7 Å². The first kappa shape index (κ1) is 36.9. The van der Waals surface area contributed by atoms with Gasteiger partial charge in [-0.05, 0) is 61.4 Å². The zero-order valence-corrected chi connectivity index (χ0v) is 31.5. The number of carbonyl (C=O) groups excluding carboxylic acids is 1. The molecular formula is C43H38N14O. The second-order valence-corrected chi connectivity index (χ2v) is 13.3. The molecule has 2 atom stereocenters. The molecule has 58 heavy (non-hydrogen) atoms. The number of fused-ring (bicyclic) bond motifs is 2. The third kappa shape index (κ3) is 8.43. The Balaban J connectivity index is 0.000000168. The highest BCUT2D eigenvalue weighted by molar-refractivity contribution is 6.03. The zero-order chi connectivity index (χ0) is 39.8. The van der Waals surface area contributed by atoms with Crippen LogP contribution in [0.4, 0.5) is 23.0 Å². The van der Waals surface area contributed by atoms with Gasteiger partial charge in [-0.2, -0.15) is 0 Å². The van der Waals surface area contributed by atoms with Gasteiger partial charge in [0.1, 0.15) is 30.0 Å². The molecule has 0 aliphatic rings. The van der Waals surface area contributed by atoms with Crippen molar-refractivity contribution in [3.8, 4) is 11.6 Å². The summed E-state index contributed by atoms with van der Waals surface area (Å²) < 4.78 is 3.72. The minimum absolute atomic E-state index is 0.0678. The highest BCUT2D eigenvalue weighted by Gasteiger charge is 2.14. The van der Waals surface area contributed by atoms with Gasteiger partial charge in [0.25, 0.3) is 5.91 Å². The average Bonchev–Trinajstić information content (AvgIpc) is 3.89. The number of nitrogen functional groups attached to an aromatic ring is 1. The molecule has 0 saturated carbocycles. The third-order valence-corrected chi connectivity index (χ3v) is 9.24. The molecule has 0 spiro atoms. The number of anilines is 4. The summed E-state index contributed by atoms with van der Waals surface area (Å²) in [6.45, 7) is 4.17. The lowest BCUT2D eigenvalue weighted by Crippen LogP contribution is -2.13. The Kier molecular flexibility index (Phi) is 10.6. The smallest absolute Gasteiger partial charge is 0.275 e. The van der Waals surface area contributed by atoms with Crippen LogP contribution in [-0.4, -0.2) is 54.9 Å². The van der Waals surface area contributed by atoms with Crippen LogP contribution < -0.4 is 21.7 Å². The molecule has 286 valence electrons. The van der Waals surface area contributed by atoms with Crippen molar-refractivity contribution < 1.29 is 4.79 Å². The molecule has 0 aliphatic heterocycles. The second-order valence-electron chi connectivity index (χ2n) is 13.3. The number of carbonyl (C=O) groups is 1. The van der Waals surface area contributed by atoms with E-state index in [0.717, 1.165) is 27.6 Å². The van der Waals surface area contributed by atoms with Crippen LogP contribution in [0.3, 0.4) is 0 Å². The number of aromatic nitrogens is 10. The van der Waals surface area contributed by atoms with E-state index in [1.807, 2.05) is 75.9 Å². The number of nitrogens with zero attached hydrogens (tertiary/aromatic N) is 10. The Hall–Kier alpha value is -8.07. The van der Waals surface area contributed by atoms with Crippen LogP contribution >= 0.6 is 0 Å². The van der Waals surface area contributed by atoms with E-state index >= 15 is 0 Å². The Morgan fingerprint density at radius 2 is 1.16 bits per heavy atom. The standard InChI is InChI=1S/C24H20N8O.C19H18N6/c1-16(17-5-3-2-4-6-17)29-22-13-26-14-23(31-22)32-15-28-19-8-7-18(11-21(19)32)30-24(33)20-12-25-9-10-27-20;1-13(14-5-3-2-4-6-14)23-18-10-21-11-19(24-18)25-12-22-16-8-7-15(20)9-17(16)25/h2-16H,1H3,(H,29,31)(H,30,33);2-13H,20H2,1H3,(H,23,24)/t16-;13-/m00/s1. The number of hydrogen-bond donors (Lipinski definition) is 4. The van der Waals surface area contributed by atoms with E-state index in [0.29, 0.717) is 34.6 Å². The van der Waals surface area contributed by atoms with Crippen LogP contribution in [0.1, 0.15) is 47.5 Å². The van der Waals surface area contributed by atoms with Crippen molar-refractivity contribution in [3.63, 3.8) is 0 Å². The van der Waals surface area contributed by atoms with E-state index in [2.05, 4.69) is 89.0 Å². The van der Waals surface area contributed by atoms with Crippen molar-refractivity contribution in [2.45, 2.75) is 25.9 Å². The number of hydrogen-bond acceptors (Lipinski definition) is 12. The Morgan fingerprint density at radius 3 is 1.71 bits per heavy atom. The molecule has 5 N–H and O–H groups in total. The number of benzene rings is 4. The summed E-state index contributed by atoms with van der Waals surface area (Å²) in [6, 6.07) is 31.6. The quantitative estimate of drug-likeness (QED) is 0.0998. The van der Waals surface area contributed by atoms with Gasteiger partial charge in [0.2, 0.25) is 0 Å². The Morgan fingerprint density at radius 1 is 0.603 bits per heavy atom. The van der Waals surface area contributed by atoms with Crippen molar-refractivity contribution in [3.05, 3.63) is 170 Å². The first-order chi connectivity index (χ1) is 28.4. The maximum atomic E-state index is 12.4. The van der Waals surface area contributed by atoms with Gasteiger partial charge in [0, 0.05) is 35.9 Å². The van der Waals surface area contributed by atoms with Gasteiger partial charge in [0.15, 0.2) is 11.6 Å². The minimum Gasteiger partial charge on any atom is -0.399 e. The molecule has 0 saturated heterocycles. The summed E-state index contributed by atoms with van der Waals surface area (Å²) >= 11 is 0. The second kappa shape index (κ2) is 16.7. The van der Waals surface area contributed by atoms with Crippen LogP contribution in [-0.2, 0) is 0 Å². The molecule has 0 aliphatic carbocycles. The summed E-state index contributed by atoms with van der Waals surface area (Å²) in [6.07, 6.45) is 14.6. The summed E-state index contributed by atoms with van der Waals surface area (Å²) in [5.74, 6) is 2.32. The zero-order valence-electron chi connectivity index (χ0n) is 31.5. The van der Waals surface area contributed by atoms with E-state index in [4.69, 9.17) is 10.7 Å². The SMILES string of the molecule is C[C@H](Nc1cncc(-n2cnc3ccc(N)cc32)n1)c1ccccc1.C[C@H](Nc1cncc(-n2cnc3ccc(NC(=O)c4cnccn4)cc32)n1)c1ccccc1. The summed E-state index contributed by atoms with van der Waals surface area (Å²) in [5.41, 5.74) is 13.1. The lowest BCUT2D eigenvalue weighted by atomic mass is 10.1. The first-order valence-electron chi connectivity index (χ1n) is 18.4.